The van der Waals surface area contributed by atoms with Crippen LogP contribution in [0.4, 0.5) is 11.8 Å². The number of nitrogens with one attached hydrogen (secondary N) is 1. The minimum absolute atomic E-state index is 0.0105. The van der Waals surface area contributed by atoms with Gasteiger partial charge in [-0.2, -0.15) is 15.1 Å². The minimum atomic E-state index is -4.44. The van der Waals surface area contributed by atoms with E-state index in [1.165, 1.54) is 30.8 Å². The van der Waals surface area contributed by atoms with E-state index in [2.05, 4.69) is 20.0 Å². The molecule has 6 atom stereocenters. The fraction of sp³-hybridized carbons (Fsp3) is 0.536. The number of aryl methyl sites for hydroxylation is 1. The Hall–Kier alpha value is -3.86. The van der Waals surface area contributed by atoms with Crippen LogP contribution in [0.2, 0.25) is 0 Å². The molecule has 252 valence electrons. The molecule has 17 nitrogen and oxygen atoms in total. The lowest BCUT2D eigenvalue weighted by atomic mass is 9.96. The first kappa shape index (κ1) is 35.0. The van der Waals surface area contributed by atoms with Gasteiger partial charge in [0.05, 0.1) is 25.6 Å². The largest absolute Gasteiger partial charge is 0.465 e. The third-order valence-electron chi connectivity index (χ3n) is 7.03. The number of fused-ring (bicyclic) bond motifs is 1. The molecule has 3 aromatic rings. The normalized spacial score (nSPS) is 23.3. The lowest BCUT2D eigenvalue weighted by molar-refractivity contribution is -0.147. The molecule has 1 saturated heterocycles. The van der Waals surface area contributed by atoms with Crippen LogP contribution in [0.5, 0.6) is 5.75 Å². The minimum Gasteiger partial charge on any atom is -0.465 e. The number of nitrogens with two attached hydrogens (primary N) is 2. The van der Waals surface area contributed by atoms with Crippen molar-refractivity contribution < 1.29 is 47.6 Å². The Labute approximate surface area is 265 Å². The van der Waals surface area contributed by atoms with E-state index >= 15 is 0 Å². The van der Waals surface area contributed by atoms with E-state index < -0.39 is 56.4 Å². The van der Waals surface area contributed by atoms with Gasteiger partial charge in [0.15, 0.2) is 17.7 Å². The second-order valence-corrected chi connectivity index (χ2v) is 12.8. The van der Waals surface area contributed by atoms with E-state index in [-0.39, 0.29) is 54.2 Å². The van der Waals surface area contributed by atoms with Crippen molar-refractivity contribution in [2.75, 3.05) is 24.7 Å². The number of carbonyl (C=O) groups excluding carboxylic acids is 2. The molecule has 1 aliphatic heterocycles. The monoisotopic (exact) mass is 665 g/mol. The van der Waals surface area contributed by atoms with Gasteiger partial charge >= 0.3 is 19.7 Å². The molecule has 0 saturated carbocycles. The molecule has 3 heterocycles. The first-order valence-corrected chi connectivity index (χ1v) is 16.2. The van der Waals surface area contributed by atoms with Crippen molar-refractivity contribution >= 4 is 42.6 Å². The standard InChI is InChI=1S/C28H40N7O10P/c1-6-41-25(38)16(4)34-46(40,45-18-10-8-7-9-17(18)11-12-20(36)43-15(2)3)42-13-19-22(37)28(5,39)26(44-19)35-14-31-21-23(29)32-27(30)33-24(21)35/h7-10,14-16,19,22,26,37,39H,6,11-13H2,1-5H3,(H,34,40)(H4,29,30,32,33)/t16-,19+,22-,26+,28+,46?/m0/s1. The highest BCUT2D eigenvalue weighted by atomic mass is 31.2. The Kier molecular flexibility index (Phi) is 10.9. The van der Waals surface area contributed by atoms with Crippen LogP contribution >= 0.6 is 7.75 Å². The van der Waals surface area contributed by atoms with Crippen molar-refractivity contribution in [3.8, 4) is 5.75 Å². The fourth-order valence-electron chi connectivity index (χ4n) is 4.81. The van der Waals surface area contributed by atoms with Gasteiger partial charge in [0.2, 0.25) is 5.95 Å². The number of benzene rings is 1. The number of aromatic nitrogens is 4. The van der Waals surface area contributed by atoms with Crippen molar-refractivity contribution in [1.82, 2.24) is 24.6 Å². The molecule has 1 unspecified atom stereocenters. The lowest BCUT2D eigenvalue weighted by Crippen LogP contribution is -2.44. The zero-order chi connectivity index (χ0) is 33.8. The van der Waals surface area contributed by atoms with Crippen LogP contribution in [-0.4, -0.2) is 84.8 Å². The van der Waals surface area contributed by atoms with E-state index in [0.29, 0.717) is 5.56 Å². The van der Waals surface area contributed by atoms with Crippen LogP contribution in [0.15, 0.2) is 30.6 Å². The smallest absolute Gasteiger partial charge is 0.459 e. The number of aliphatic hydroxyl groups excluding tert-OH is 1. The molecule has 1 aromatic carbocycles. The number of hydrogen-bond acceptors (Lipinski definition) is 15. The first-order chi connectivity index (χ1) is 21.6. The molecular formula is C28H40N7O10P. The molecule has 0 spiro atoms. The maximum atomic E-state index is 14.2. The predicted molar refractivity (Wildman–Crippen MR) is 164 cm³/mol. The second kappa shape index (κ2) is 14.3. The Morgan fingerprint density at radius 1 is 1.22 bits per heavy atom. The van der Waals surface area contributed by atoms with Gasteiger partial charge in [-0.15, -0.1) is 0 Å². The summed E-state index contributed by atoms with van der Waals surface area (Å²) in [5, 5.41) is 24.9. The van der Waals surface area contributed by atoms with Crippen LogP contribution in [0.1, 0.15) is 52.8 Å². The number of esters is 2. The maximum Gasteiger partial charge on any atom is 0.459 e. The van der Waals surface area contributed by atoms with Crippen molar-refractivity contribution in [2.24, 2.45) is 0 Å². The van der Waals surface area contributed by atoms with Crippen LogP contribution in [0, 0.1) is 0 Å². The molecule has 1 fully saturated rings. The third-order valence-corrected chi connectivity index (χ3v) is 8.66. The highest BCUT2D eigenvalue weighted by Crippen LogP contribution is 2.48. The summed E-state index contributed by atoms with van der Waals surface area (Å²) in [6.07, 6.45) is -2.84. The van der Waals surface area contributed by atoms with Crippen molar-refractivity contribution in [3.63, 3.8) is 0 Å². The summed E-state index contributed by atoms with van der Waals surface area (Å²) in [7, 11) is -4.44. The van der Waals surface area contributed by atoms with E-state index in [9.17, 15) is 24.4 Å². The third kappa shape index (κ3) is 7.92. The van der Waals surface area contributed by atoms with E-state index in [0.717, 1.165) is 0 Å². The topological polar surface area (TPSA) is 245 Å². The molecule has 2 aromatic heterocycles. The number of para-hydroxylation sites is 1. The van der Waals surface area contributed by atoms with Gasteiger partial charge in [0.1, 0.15) is 35.1 Å². The summed E-state index contributed by atoms with van der Waals surface area (Å²) < 4.78 is 43.4. The highest BCUT2D eigenvalue weighted by Gasteiger charge is 2.54. The van der Waals surface area contributed by atoms with E-state index in [4.69, 9.17) is 34.7 Å². The van der Waals surface area contributed by atoms with Crippen LogP contribution in [0.25, 0.3) is 11.2 Å². The molecule has 4 rings (SSSR count). The van der Waals surface area contributed by atoms with E-state index in [1.807, 2.05) is 0 Å². The zero-order valence-corrected chi connectivity index (χ0v) is 27.0. The van der Waals surface area contributed by atoms with Crippen LogP contribution in [-0.2, 0) is 39.3 Å². The molecule has 7 N–H and O–H groups in total. The quantitative estimate of drug-likeness (QED) is 0.121. The summed E-state index contributed by atoms with van der Waals surface area (Å²) in [5.41, 5.74) is 10.6. The number of aliphatic hydroxyl groups is 2. The Morgan fingerprint density at radius 3 is 2.63 bits per heavy atom. The molecule has 0 amide bonds. The molecular weight excluding hydrogens is 625 g/mol. The molecule has 0 radical (unpaired) electrons. The van der Waals surface area contributed by atoms with Crippen LogP contribution in [0.3, 0.4) is 0 Å². The Morgan fingerprint density at radius 2 is 1.93 bits per heavy atom. The fourth-order valence-corrected chi connectivity index (χ4v) is 6.35. The van der Waals surface area contributed by atoms with E-state index in [1.54, 1.807) is 39.0 Å². The number of hydrogen-bond donors (Lipinski definition) is 5. The molecule has 46 heavy (non-hydrogen) atoms. The van der Waals surface area contributed by atoms with Gasteiger partial charge in [-0.25, -0.2) is 9.55 Å². The van der Waals surface area contributed by atoms with Crippen molar-refractivity contribution in [2.45, 2.75) is 83.6 Å². The maximum absolute atomic E-state index is 14.2. The average Bonchev–Trinajstić information content (AvgIpc) is 3.48. The second-order valence-electron chi connectivity index (χ2n) is 11.1. The van der Waals surface area contributed by atoms with Gasteiger partial charge in [0.25, 0.3) is 0 Å². The average molecular weight is 666 g/mol. The van der Waals surface area contributed by atoms with Gasteiger partial charge in [0, 0.05) is 6.42 Å². The van der Waals surface area contributed by atoms with Crippen molar-refractivity contribution in [3.05, 3.63) is 36.2 Å². The number of rotatable bonds is 14. The summed E-state index contributed by atoms with van der Waals surface area (Å²) in [6.45, 7) is 7.36. The molecule has 0 aliphatic carbocycles. The van der Waals surface area contributed by atoms with Gasteiger partial charge in [-0.3, -0.25) is 18.7 Å². The first-order valence-electron chi connectivity index (χ1n) is 14.6. The molecule has 0 bridgehead atoms. The Balaban J connectivity index is 1.57. The number of carbonyl (C=O) groups is 2. The number of nitrogens with zero attached hydrogens (tertiary/aromatic N) is 4. The number of anilines is 2. The van der Waals surface area contributed by atoms with Gasteiger partial charge in [-0.1, -0.05) is 18.2 Å². The SMILES string of the molecule is CCOC(=O)[C@H](C)NP(=O)(OC[C@H]1O[C@@H](n2cnc3c(N)nc(N)nc32)[C@](C)(O)[C@H]1O)Oc1ccccc1CCC(=O)OC(C)C. The Bertz CT molecular complexity index is 1600. The summed E-state index contributed by atoms with van der Waals surface area (Å²) in [4.78, 5) is 36.8. The predicted octanol–water partition coefficient (Wildman–Crippen LogP) is 1.63. The molecule has 1 aliphatic rings. The van der Waals surface area contributed by atoms with Gasteiger partial charge in [-0.05, 0) is 52.7 Å². The lowest BCUT2D eigenvalue weighted by Gasteiger charge is -2.27. The summed E-state index contributed by atoms with van der Waals surface area (Å²) in [6, 6.07) is 5.42. The summed E-state index contributed by atoms with van der Waals surface area (Å²) >= 11 is 0. The van der Waals surface area contributed by atoms with Crippen LogP contribution < -0.4 is 21.1 Å². The number of imidazole rings is 1. The highest BCUT2D eigenvalue weighted by molar-refractivity contribution is 7.52. The number of ether oxygens (including phenoxy) is 3. The summed E-state index contributed by atoms with van der Waals surface area (Å²) in [5.74, 6) is -1.15. The van der Waals surface area contributed by atoms with Gasteiger partial charge < -0.3 is 40.4 Å². The zero-order valence-electron chi connectivity index (χ0n) is 26.2. The number of nitrogen functional groups attached to an aromatic ring is 2. The molecule has 18 heteroatoms. The van der Waals surface area contributed by atoms with Crippen molar-refractivity contribution in [1.29, 1.82) is 0 Å².